The molecule has 0 fully saturated rings. The van der Waals surface area contributed by atoms with E-state index in [0.29, 0.717) is 16.6 Å². The van der Waals surface area contributed by atoms with Gasteiger partial charge < -0.3 is 10.3 Å². The molecule has 0 radical (unpaired) electrons. The van der Waals surface area contributed by atoms with E-state index < -0.39 is 0 Å². The summed E-state index contributed by atoms with van der Waals surface area (Å²) in [5.74, 6) is 0.773. The first-order valence-corrected chi connectivity index (χ1v) is 8.72. The number of imidazole rings is 1. The van der Waals surface area contributed by atoms with Crippen LogP contribution in [0.15, 0.2) is 48.5 Å². The third-order valence-electron chi connectivity index (χ3n) is 3.70. The van der Waals surface area contributed by atoms with E-state index in [9.17, 15) is 4.79 Å². The molecule has 0 aliphatic rings. The van der Waals surface area contributed by atoms with Crippen molar-refractivity contribution in [3.05, 3.63) is 70.0 Å². The average Bonchev–Trinajstić information content (AvgIpc) is 3.01. The van der Waals surface area contributed by atoms with Gasteiger partial charge in [-0.25, -0.2) is 4.98 Å². The number of para-hydroxylation sites is 2. The fraction of sp³-hybridized carbons (Fsp3) is 0.158. The van der Waals surface area contributed by atoms with Crippen LogP contribution in [0.4, 0.5) is 0 Å². The second kappa shape index (κ2) is 8.19. The molecule has 0 saturated heterocycles. The molecular weight excluding hydrogens is 357 g/mol. The number of hydrogen-bond donors (Lipinski definition) is 2. The Bertz CT molecular complexity index is 885. The van der Waals surface area contributed by atoms with Gasteiger partial charge in [-0.2, -0.15) is 0 Å². The molecule has 0 saturated carbocycles. The number of fused-ring (bicyclic) bond motifs is 1. The summed E-state index contributed by atoms with van der Waals surface area (Å²) in [4.78, 5) is 19.6. The molecule has 6 heteroatoms. The Morgan fingerprint density at radius 3 is 2.84 bits per heavy atom. The normalized spacial score (nSPS) is 11.3. The molecule has 0 atom stereocenters. The molecule has 0 unspecified atom stereocenters. The van der Waals surface area contributed by atoms with E-state index in [1.807, 2.05) is 24.3 Å². The number of halogens is 2. The molecule has 0 aliphatic heterocycles. The number of amides is 1. The number of nitrogens with one attached hydrogen (secondary N) is 2. The number of nitrogens with zero attached hydrogens (tertiary/aromatic N) is 1. The molecule has 1 aromatic heterocycles. The van der Waals surface area contributed by atoms with E-state index in [1.54, 1.807) is 24.3 Å². The first kappa shape index (κ1) is 17.5. The van der Waals surface area contributed by atoms with Gasteiger partial charge in [0.1, 0.15) is 5.82 Å². The van der Waals surface area contributed by atoms with Gasteiger partial charge in [0.05, 0.1) is 11.0 Å². The molecular formula is C19H17Cl2N3O. The Balaban J connectivity index is 1.45. The molecule has 128 valence electrons. The zero-order chi connectivity index (χ0) is 17.6. The highest BCUT2D eigenvalue weighted by molar-refractivity contribution is 6.35. The third-order valence-corrected chi connectivity index (χ3v) is 4.27. The molecule has 25 heavy (non-hydrogen) atoms. The van der Waals surface area contributed by atoms with E-state index >= 15 is 0 Å². The largest absolute Gasteiger partial charge is 0.353 e. The van der Waals surface area contributed by atoms with E-state index in [2.05, 4.69) is 15.3 Å². The van der Waals surface area contributed by atoms with Crippen LogP contribution in [0.25, 0.3) is 17.1 Å². The molecule has 3 rings (SSSR count). The Morgan fingerprint density at radius 2 is 2.04 bits per heavy atom. The van der Waals surface area contributed by atoms with Crippen LogP contribution in [-0.2, 0) is 11.2 Å². The molecule has 2 N–H and O–H groups in total. The quantitative estimate of drug-likeness (QED) is 0.488. The van der Waals surface area contributed by atoms with Crippen molar-refractivity contribution in [2.75, 3.05) is 6.54 Å². The van der Waals surface area contributed by atoms with Gasteiger partial charge in [-0.1, -0.05) is 41.4 Å². The lowest BCUT2D eigenvalue weighted by molar-refractivity contribution is -0.116. The third kappa shape index (κ3) is 4.84. The molecule has 0 aliphatic carbocycles. The maximum Gasteiger partial charge on any atom is 0.244 e. The highest BCUT2D eigenvalue weighted by atomic mass is 35.5. The molecule has 0 bridgehead atoms. The van der Waals surface area contributed by atoms with Crippen LogP contribution in [0, 0.1) is 0 Å². The van der Waals surface area contributed by atoms with Gasteiger partial charge in [0.15, 0.2) is 0 Å². The van der Waals surface area contributed by atoms with E-state index in [1.165, 1.54) is 6.08 Å². The summed E-state index contributed by atoms with van der Waals surface area (Å²) in [6.07, 6.45) is 4.73. The Kier molecular flexibility index (Phi) is 5.74. The van der Waals surface area contributed by atoms with Crippen LogP contribution >= 0.6 is 23.2 Å². The lowest BCUT2D eigenvalue weighted by atomic mass is 10.2. The number of rotatable bonds is 6. The maximum absolute atomic E-state index is 11.9. The number of aromatic amines is 1. The van der Waals surface area contributed by atoms with Gasteiger partial charge in [-0.3, -0.25) is 4.79 Å². The Morgan fingerprint density at radius 1 is 1.20 bits per heavy atom. The predicted molar refractivity (Wildman–Crippen MR) is 103 cm³/mol. The summed E-state index contributed by atoms with van der Waals surface area (Å²) < 4.78 is 0. The number of carbonyl (C=O) groups excluding carboxylic acids is 1. The zero-order valence-corrected chi connectivity index (χ0v) is 14.9. The van der Waals surface area contributed by atoms with Crippen molar-refractivity contribution in [2.45, 2.75) is 12.8 Å². The lowest BCUT2D eigenvalue weighted by Crippen LogP contribution is -2.22. The Labute approximate surface area is 155 Å². The molecule has 1 amide bonds. The van der Waals surface area contributed by atoms with Gasteiger partial charge in [-0.15, -0.1) is 0 Å². The second-order valence-corrected chi connectivity index (χ2v) is 6.44. The summed E-state index contributed by atoms with van der Waals surface area (Å²) >= 11 is 11.9. The van der Waals surface area contributed by atoms with Crippen LogP contribution in [0.3, 0.4) is 0 Å². The summed E-state index contributed by atoms with van der Waals surface area (Å²) in [5.41, 5.74) is 2.75. The molecule has 3 aromatic rings. The smallest absolute Gasteiger partial charge is 0.244 e. The van der Waals surface area contributed by atoms with E-state index in [0.717, 1.165) is 35.3 Å². The minimum Gasteiger partial charge on any atom is -0.353 e. The number of benzene rings is 2. The minimum absolute atomic E-state index is 0.157. The number of aromatic nitrogens is 2. The van der Waals surface area contributed by atoms with Crippen molar-refractivity contribution in [3.63, 3.8) is 0 Å². The van der Waals surface area contributed by atoms with Gasteiger partial charge in [0.25, 0.3) is 0 Å². The van der Waals surface area contributed by atoms with Crippen molar-refractivity contribution >= 4 is 46.2 Å². The van der Waals surface area contributed by atoms with E-state index in [-0.39, 0.29) is 5.91 Å². The molecule has 4 nitrogen and oxygen atoms in total. The fourth-order valence-electron chi connectivity index (χ4n) is 2.45. The van der Waals surface area contributed by atoms with Crippen molar-refractivity contribution in [3.8, 4) is 0 Å². The second-order valence-electron chi connectivity index (χ2n) is 5.59. The van der Waals surface area contributed by atoms with Gasteiger partial charge >= 0.3 is 0 Å². The number of carbonyl (C=O) groups is 1. The summed E-state index contributed by atoms with van der Waals surface area (Å²) in [6.45, 7) is 0.578. The monoisotopic (exact) mass is 373 g/mol. The highest BCUT2D eigenvalue weighted by Gasteiger charge is 2.03. The van der Waals surface area contributed by atoms with Gasteiger partial charge in [0, 0.05) is 29.1 Å². The van der Waals surface area contributed by atoms with Gasteiger partial charge in [-0.05, 0) is 42.3 Å². The summed E-state index contributed by atoms with van der Waals surface area (Å²) in [7, 11) is 0. The average molecular weight is 374 g/mol. The first-order chi connectivity index (χ1) is 12.1. The summed E-state index contributed by atoms with van der Waals surface area (Å²) in [6, 6.07) is 13.1. The van der Waals surface area contributed by atoms with Crippen LogP contribution in [0.1, 0.15) is 17.8 Å². The van der Waals surface area contributed by atoms with Crippen LogP contribution < -0.4 is 5.32 Å². The summed E-state index contributed by atoms with van der Waals surface area (Å²) in [5, 5.41) is 3.93. The number of H-pyrrole nitrogens is 1. The zero-order valence-electron chi connectivity index (χ0n) is 13.4. The topological polar surface area (TPSA) is 57.8 Å². The SMILES string of the molecule is O=C(/C=C/c1ccc(Cl)cc1Cl)NCCCc1nc2ccccc2[nH]1. The van der Waals surface area contributed by atoms with Crippen molar-refractivity contribution in [2.24, 2.45) is 0 Å². The van der Waals surface area contributed by atoms with Crippen LogP contribution in [0.5, 0.6) is 0 Å². The van der Waals surface area contributed by atoms with Crippen molar-refractivity contribution in [1.29, 1.82) is 0 Å². The molecule has 2 aromatic carbocycles. The van der Waals surface area contributed by atoms with Crippen LogP contribution in [0.2, 0.25) is 10.0 Å². The predicted octanol–water partition coefficient (Wildman–Crippen LogP) is 4.63. The Hall–Kier alpha value is -2.30. The number of aryl methyl sites for hydroxylation is 1. The lowest BCUT2D eigenvalue weighted by Gasteiger charge is -2.02. The van der Waals surface area contributed by atoms with Crippen molar-refractivity contribution in [1.82, 2.24) is 15.3 Å². The molecule has 1 heterocycles. The van der Waals surface area contributed by atoms with Crippen LogP contribution in [-0.4, -0.2) is 22.4 Å². The first-order valence-electron chi connectivity index (χ1n) is 7.96. The van der Waals surface area contributed by atoms with Gasteiger partial charge in [0.2, 0.25) is 5.91 Å². The van der Waals surface area contributed by atoms with Crippen molar-refractivity contribution < 1.29 is 4.79 Å². The standard InChI is InChI=1S/C19H17Cl2N3O/c20-14-9-7-13(15(21)12-14)8-10-19(25)22-11-3-6-18-23-16-4-1-2-5-17(16)24-18/h1-2,4-5,7-10,12H,3,6,11H2,(H,22,25)(H,23,24)/b10-8+. The van der Waals surface area contributed by atoms with E-state index in [4.69, 9.17) is 23.2 Å². The highest BCUT2D eigenvalue weighted by Crippen LogP contribution is 2.21. The molecule has 0 spiro atoms. The minimum atomic E-state index is -0.157. The number of hydrogen-bond acceptors (Lipinski definition) is 2. The fourth-order valence-corrected chi connectivity index (χ4v) is 2.92. The maximum atomic E-state index is 11.9.